The van der Waals surface area contributed by atoms with Gasteiger partial charge in [-0.15, -0.1) is 10.2 Å². The number of benzene rings is 2. The third kappa shape index (κ3) is 7.23. The van der Waals surface area contributed by atoms with Crippen molar-refractivity contribution in [2.24, 2.45) is 7.05 Å². The fourth-order valence-electron chi connectivity index (χ4n) is 5.12. The van der Waals surface area contributed by atoms with E-state index >= 15 is 0 Å². The summed E-state index contributed by atoms with van der Waals surface area (Å²) in [6, 6.07) is 16.6. The van der Waals surface area contributed by atoms with Crippen molar-refractivity contribution >= 4 is 28.9 Å². The van der Waals surface area contributed by atoms with Gasteiger partial charge < -0.3 is 15.1 Å². The van der Waals surface area contributed by atoms with Gasteiger partial charge in [0.15, 0.2) is 0 Å². The van der Waals surface area contributed by atoms with Crippen molar-refractivity contribution in [1.82, 2.24) is 30.0 Å². The fourth-order valence-corrected chi connectivity index (χ4v) is 5.24. The van der Waals surface area contributed by atoms with E-state index in [2.05, 4.69) is 54.8 Å². The minimum absolute atomic E-state index is 0. The Labute approximate surface area is 230 Å². The smallest absolute Gasteiger partial charge is 0.222 e. The normalized spacial score (nSPS) is 16.8. The quantitative estimate of drug-likeness (QED) is 0.461. The van der Waals surface area contributed by atoms with E-state index in [0.717, 1.165) is 81.3 Å². The molecule has 10 heteroatoms. The van der Waals surface area contributed by atoms with Gasteiger partial charge in [0.1, 0.15) is 0 Å². The zero-order valence-electron chi connectivity index (χ0n) is 21.4. The van der Waals surface area contributed by atoms with Gasteiger partial charge in [-0.05, 0) is 79.6 Å². The molecule has 2 aromatic carbocycles. The number of aryl methyl sites for hydroxylation is 1. The predicted molar refractivity (Wildman–Crippen MR) is 154 cm³/mol. The van der Waals surface area contributed by atoms with Crippen molar-refractivity contribution in [2.45, 2.75) is 39.2 Å². The highest BCUT2D eigenvalue weighted by Gasteiger charge is 2.23. The van der Waals surface area contributed by atoms with Gasteiger partial charge in [0.2, 0.25) is 11.7 Å². The SMILES string of the molecule is C.Cn1nnc(-c2ccc(NC3CCN(C(=O)CCCN4CCN(c5ccc(Cl)cc5)CC4)CC3)cc2)n1. The number of carbonyl (C=O) groups excluding carboxylic acids is 1. The van der Waals surface area contributed by atoms with Crippen LogP contribution in [0.3, 0.4) is 0 Å². The zero-order valence-corrected chi connectivity index (χ0v) is 22.1. The van der Waals surface area contributed by atoms with Crippen molar-refractivity contribution in [2.75, 3.05) is 56.0 Å². The van der Waals surface area contributed by atoms with Crippen LogP contribution in [-0.4, -0.2) is 87.8 Å². The first-order chi connectivity index (χ1) is 18.0. The summed E-state index contributed by atoms with van der Waals surface area (Å²) in [6.45, 7) is 6.70. The molecule has 0 bridgehead atoms. The Kier molecular flexibility index (Phi) is 9.58. The Hall–Kier alpha value is -3.17. The van der Waals surface area contributed by atoms with Gasteiger partial charge in [0.05, 0.1) is 7.05 Å². The highest BCUT2D eigenvalue weighted by Crippen LogP contribution is 2.22. The van der Waals surface area contributed by atoms with Crippen LogP contribution in [0.25, 0.3) is 11.4 Å². The van der Waals surface area contributed by atoms with Crippen LogP contribution in [0.1, 0.15) is 33.1 Å². The van der Waals surface area contributed by atoms with E-state index in [4.69, 9.17) is 11.6 Å². The van der Waals surface area contributed by atoms with Crippen molar-refractivity contribution in [1.29, 1.82) is 0 Å². The molecule has 1 N–H and O–H groups in total. The monoisotopic (exact) mass is 538 g/mol. The highest BCUT2D eigenvalue weighted by atomic mass is 35.5. The maximum absolute atomic E-state index is 12.8. The van der Waals surface area contributed by atoms with Gasteiger partial charge in [0.25, 0.3) is 0 Å². The number of likely N-dealkylation sites (tertiary alicyclic amines) is 1. The molecular formula is C28H39ClN8O. The largest absolute Gasteiger partial charge is 0.382 e. The molecule has 1 amide bonds. The minimum atomic E-state index is 0. The Balaban J connectivity index is 0.00000336. The summed E-state index contributed by atoms with van der Waals surface area (Å²) in [5.41, 5.74) is 3.25. The van der Waals surface area contributed by atoms with Gasteiger partial charge in [-0.1, -0.05) is 19.0 Å². The molecule has 0 unspecified atom stereocenters. The Morgan fingerprint density at radius 2 is 1.66 bits per heavy atom. The number of piperazine rings is 1. The molecule has 2 saturated heterocycles. The number of anilines is 2. The molecule has 0 aliphatic carbocycles. The Morgan fingerprint density at radius 3 is 2.29 bits per heavy atom. The van der Waals surface area contributed by atoms with Crippen LogP contribution in [-0.2, 0) is 11.8 Å². The van der Waals surface area contributed by atoms with Crippen molar-refractivity contribution in [3.8, 4) is 11.4 Å². The first-order valence-corrected chi connectivity index (χ1v) is 13.5. The Morgan fingerprint density at radius 1 is 0.974 bits per heavy atom. The number of hydrogen-bond acceptors (Lipinski definition) is 7. The van der Waals surface area contributed by atoms with E-state index in [9.17, 15) is 4.79 Å². The van der Waals surface area contributed by atoms with E-state index in [0.29, 0.717) is 24.2 Å². The molecule has 38 heavy (non-hydrogen) atoms. The second-order valence-electron chi connectivity index (χ2n) is 9.89. The third-order valence-electron chi connectivity index (χ3n) is 7.30. The van der Waals surface area contributed by atoms with E-state index in [-0.39, 0.29) is 7.43 Å². The second-order valence-corrected chi connectivity index (χ2v) is 10.3. The maximum Gasteiger partial charge on any atom is 0.222 e. The van der Waals surface area contributed by atoms with Crippen LogP contribution < -0.4 is 10.2 Å². The summed E-state index contributed by atoms with van der Waals surface area (Å²) in [7, 11) is 1.76. The van der Waals surface area contributed by atoms with E-state index < -0.39 is 0 Å². The number of nitrogens with zero attached hydrogens (tertiary/aromatic N) is 7. The number of rotatable bonds is 8. The minimum Gasteiger partial charge on any atom is -0.382 e. The molecule has 0 radical (unpaired) electrons. The molecule has 204 valence electrons. The lowest BCUT2D eigenvalue weighted by Gasteiger charge is -2.36. The van der Waals surface area contributed by atoms with Gasteiger partial charge in [-0.2, -0.15) is 4.80 Å². The number of amides is 1. The molecule has 2 aliphatic rings. The Bertz CT molecular complexity index is 1150. The average molecular weight is 539 g/mol. The lowest BCUT2D eigenvalue weighted by Crippen LogP contribution is -2.47. The van der Waals surface area contributed by atoms with E-state index in [1.807, 2.05) is 29.2 Å². The second kappa shape index (κ2) is 13.1. The van der Waals surface area contributed by atoms with Gasteiger partial charge in [0, 0.05) is 73.7 Å². The molecule has 3 heterocycles. The number of carbonyl (C=O) groups is 1. The van der Waals surface area contributed by atoms with E-state index in [1.54, 1.807) is 7.05 Å². The lowest BCUT2D eigenvalue weighted by molar-refractivity contribution is -0.132. The average Bonchev–Trinajstić information content (AvgIpc) is 3.36. The number of hydrogen-bond donors (Lipinski definition) is 1. The van der Waals surface area contributed by atoms with Crippen LogP contribution >= 0.6 is 11.6 Å². The number of piperidine rings is 1. The summed E-state index contributed by atoms with van der Waals surface area (Å²) >= 11 is 6.01. The number of aromatic nitrogens is 4. The molecule has 1 aromatic heterocycles. The van der Waals surface area contributed by atoms with Crippen LogP contribution in [0, 0.1) is 0 Å². The molecule has 3 aromatic rings. The highest BCUT2D eigenvalue weighted by molar-refractivity contribution is 6.30. The molecule has 5 rings (SSSR count). The summed E-state index contributed by atoms with van der Waals surface area (Å²) in [6.07, 6.45) is 3.48. The molecule has 9 nitrogen and oxygen atoms in total. The van der Waals surface area contributed by atoms with Crippen molar-refractivity contribution in [3.05, 3.63) is 53.6 Å². The topological polar surface area (TPSA) is 82.4 Å². The summed E-state index contributed by atoms with van der Waals surface area (Å²) < 4.78 is 0. The number of nitrogens with one attached hydrogen (secondary N) is 1. The first kappa shape index (κ1) is 27.9. The van der Waals surface area contributed by atoms with Gasteiger partial charge >= 0.3 is 0 Å². The van der Waals surface area contributed by atoms with Gasteiger partial charge in [-0.25, -0.2) is 0 Å². The molecule has 2 fully saturated rings. The molecular weight excluding hydrogens is 500 g/mol. The van der Waals surface area contributed by atoms with Crippen LogP contribution in [0.15, 0.2) is 48.5 Å². The zero-order chi connectivity index (χ0) is 25.6. The predicted octanol–water partition coefficient (Wildman–Crippen LogP) is 4.17. The third-order valence-corrected chi connectivity index (χ3v) is 7.55. The lowest BCUT2D eigenvalue weighted by atomic mass is 10.0. The fraction of sp³-hybridized carbons (Fsp3) is 0.500. The standard InChI is InChI=1S/C27H35ClN8O.CH4/c1-33-31-27(30-32-33)21-4-8-23(9-5-21)29-24-12-15-36(16-13-24)26(37)3-2-14-34-17-19-35(20-18-34)25-10-6-22(28)7-11-25;/h4-11,24,29H,2-3,12-20H2,1H3;1H4. The van der Waals surface area contributed by atoms with Crippen molar-refractivity contribution in [3.63, 3.8) is 0 Å². The van der Waals surface area contributed by atoms with Crippen LogP contribution in [0.5, 0.6) is 0 Å². The first-order valence-electron chi connectivity index (χ1n) is 13.1. The maximum atomic E-state index is 12.8. The summed E-state index contributed by atoms with van der Waals surface area (Å²) in [4.78, 5) is 21.2. The molecule has 0 atom stereocenters. The van der Waals surface area contributed by atoms with Gasteiger partial charge in [-0.3, -0.25) is 9.69 Å². The van der Waals surface area contributed by atoms with Crippen LogP contribution in [0.4, 0.5) is 11.4 Å². The molecule has 0 saturated carbocycles. The number of halogens is 1. The summed E-state index contributed by atoms with van der Waals surface area (Å²) in [5, 5.41) is 16.6. The molecule has 0 spiro atoms. The van der Waals surface area contributed by atoms with Crippen molar-refractivity contribution < 1.29 is 4.79 Å². The van der Waals surface area contributed by atoms with Crippen LogP contribution in [0.2, 0.25) is 5.02 Å². The van der Waals surface area contributed by atoms with E-state index in [1.165, 1.54) is 10.5 Å². The number of tetrazole rings is 1. The summed E-state index contributed by atoms with van der Waals surface area (Å²) in [5.74, 6) is 0.917. The molecule has 2 aliphatic heterocycles.